The molecule has 17 heavy (non-hydrogen) atoms. The van der Waals surface area contributed by atoms with Crippen molar-refractivity contribution in [2.75, 3.05) is 0 Å². The van der Waals surface area contributed by atoms with E-state index in [2.05, 4.69) is 20.2 Å². The van der Waals surface area contributed by atoms with Gasteiger partial charge in [-0.25, -0.2) is 9.67 Å². The summed E-state index contributed by atoms with van der Waals surface area (Å²) in [6, 6.07) is 0. The van der Waals surface area contributed by atoms with Crippen molar-refractivity contribution in [1.29, 1.82) is 0 Å². The smallest absolute Gasteiger partial charge is 0.176 e. The molecule has 0 radical (unpaired) electrons. The first-order valence-electron chi connectivity index (χ1n) is 5.15. The number of hydrogen-bond acceptors (Lipinski definition) is 3. The second-order valence-corrected chi connectivity index (χ2v) is 4.32. The Morgan fingerprint density at radius 3 is 2.65 bits per heavy atom. The van der Waals surface area contributed by atoms with E-state index in [0.717, 1.165) is 28.2 Å². The number of nitrogens with zero attached hydrogens (tertiary/aromatic N) is 5. The summed E-state index contributed by atoms with van der Waals surface area (Å²) >= 11 is 6.20. The quantitative estimate of drug-likeness (QED) is 0.714. The van der Waals surface area contributed by atoms with Gasteiger partial charge in [0.05, 0.1) is 17.5 Å². The van der Waals surface area contributed by atoms with Crippen LogP contribution in [0.3, 0.4) is 0 Å². The van der Waals surface area contributed by atoms with E-state index in [1.807, 2.05) is 21.0 Å². The molecule has 88 valence electrons. The third-order valence-electron chi connectivity index (χ3n) is 2.77. The van der Waals surface area contributed by atoms with Crippen LogP contribution >= 0.6 is 11.6 Å². The molecule has 0 aliphatic rings. The lowest BCUT2D eigenvalue weighted by Crippen LogP contribution is -1.91. The van der Waals surface area contributed by atoms with Gasteiger partial charge in [-0.2, -0.15) is 10.2 Å². The third-order valence-corrected chi connectivity index (χ3v) is 3.20. The molecule has 0 amide bonds. The van der Waals surface area contributed by atoms with Crippen molar-refractivity contribution in [3.05, 3.63) is 17.0 Å². The van der Waals surface area contributed by atoms with Crippen LogP contribution < -0.4 is 0 Å². The first kappa shape index (κ1) is 10.3. The van der Waals surface area contributed by atoms with E-state index in [-0.39, 0.29) is 0 Å². The number of H-pyrrole nitrogens is 1. The predicted octanol–water partition coefficient (Wildman–Crippen LogP) is 1.66. The predicted molar refractivity (Wildman–Crippen MR) is 64.8 cm³/mol. The second kappa shape index (κ2) is 3.33. The van der Waals surface area contributed by atoms with Crippen molar-refractivity contribution >= 4 is 22.8 Å². The van der Waals surface area contributed by atoms with Gasteiger partial charge in [-0.3, -0.25) is 4.68 Å². The molecule has 3 aromatic rings. The largest absolute Gasteiger partial charge is 0.335 e. The van der Waals surface area contributed by atoms with Crippen LogP contribution in [-0.2, 0) is 14.1 Å². The van der Waals surface area contributed by atoms with Crippen LogP contribution in [0.15, 0.2) is 6.20 Å². The highest BCUT2D eigenvalue weighted by Crippen LogP contribution is 2.29. The first-order chi connectivity index (χ1) is 8.08. The molecule has 0 bridgehead atoms. The molecule has 7 heteroatoms. The summed E-state index contributed by atoms with van der Waals surface area (Å²) in [6.07, 6.45) is 1.74. The van der Waals surface area contributed by atoms with Crippen molar-refractivity contribution in [3.63, 3.8) is 0 Å². The molecular formula is C10H11ClN6. The van der Waals surface area contributed by atoms with Crippen LogP contribution in [0.25, 0.3) is 22.6 Å². The Kier molecular flexibility index (Phi) is 2.03. The number of aromatic nitrogens is 6. The lowest BCUT2D eigenvalue weighted by molar-refractivity contribution is 0.757. The fourth-order valence-corrected chi connectivity index (χ4v) is 2.19. The summed E-state index contributed by atoms with van der Waals surface area (Å²) in [7, 11) is 3.66. The highest BCUT2D eigenvalue weighted by atomic mass is 35.5. The molecular weight excluding hydrogens is 240 g/mol. The van der Waals surface area contributed by atoms with Gasteiger partial charge in [0.25, 0.3) is 0 Å². The Hall–Kier alpha value is -1.82. The molecule has 6 nitrogen and oxygen atoms in total. The minimum atomic E-state index is 0.578. The van der Waals surface area contributed by atoms with E-state index < -0.39 is 0 Å². The Morgan fingerprint density at radius 1 is 1.29 bits per heavy atom. The molecule has 0 aliphatic heterocycles. The van der Waals surface area contributed by atoms with Crippen molar-refractivity contribution in [2.45, 2.75) is 6.92 Å². The lowest BCUT2D eigenvalue weighted by Gasteiger charge is -1.95. The van der Waals surface area contributed by atoms with Crippen molar-refractivity contribution < 1.29 is 0 Å². The van der Waals surface area contributed by atoms with Crippen molar-refractivity contribution in [2.24, 2.45) is 14.1 Å². The summed E-state index contributed by atoms with van der Waals surface area (Å²) in [4.78, 5) is 7.68. The normalized spacial score (nSPS) is 11.5. The zero-order chi connectivity index (χ0) is 12.2. The standard InChI is InChI=1S/C10H11ClN6/c1-5-7(8(11)16(2)15-5)9-13-6-4-12-17(3)10(6)14-9/h4H,1-3H3,(H,13,14). The van der Waals surface area contributed by atoms with E-state index >= 15 is 0 Å². The number of imidazole rings is 1. The van der Waals surface area contributed by atoms with Crippen molar-refractivity contribution in [3.8, 4) is 11.4 Å². The van der Waals surface area contributed by atoms with Gasteiger partial charge >= 0.3 is 0 Å². The van der Waals surface area contributed by atoms with Crippen LogP contribution in [0, 0.1) is 6.92 Å². The number of aryl methyl sites for hydroxylation is 3. The molecule has 3 aromatic heterocycles. The van der Waals surface area contributed by atoms with Crippen LogP contribution in [0.2, 0.25) is 5.15 Å². The van der Waals surface area contributed by atoms with E-state index in [9.17, 15) is 0 Å². The van der Waals surface area contributed by atoms with Gasteiger partial charge in [0.1, 0.15) is 16.5 Å². The molecule has 0 fully saturated rings. The Balaban J connectivity index is 2.26. The van der Waals surface area contributed by atoms with E-state index in [1.165, 1.54) is 0 Å². The number of hydrogen-bond donors (Lipinski definition) is 1. The Labute approximate surface area is 102 Å². The fraction of sp³-hybridized carbons (Fsp3) is 0.300. The number of fused-ring (bicyclic) bond motifs is 1. The van der Waals surface area contributed by atoms with Gasteiger partial charge in [-0.1, -0.05) is 11.6 Å². The lowest BCUT2D eigenvalue weighted by atomic mass is 10.2. The van der Waals surface area contributed by atoms with Gasteiger partial charge in [-0.05, 0) is 6.92 Å². The maximum absolute atomic E-state index is 6.20. The topological polar surface area (TPSA) is 64.3 Å². The molecule has 0 saturated carbocycles. The highest BCUT2D eigenvalue weighted by molar-refractivity contribution is 6.32. The van der Waals surface area contributed by atoms with Gasteiger partial charge in [-0.15, -0.1) is 0 Å². The molecule has 0 spiro atoms. The van der Waals surface area contributed by atoms with E-state index in [4.69, 9.17) is 11.6 Å². The number of nitrogens with one attached hydrogen (secondary N) is 1. The zero-order valence-corrected chi connectivity index (χ0v) is 10.4. The van der Waals surface area contributed by atoms with Gasteiger partial charge in [0.15, 0.2) is 5.65 Å². The third kappa shape index (κ3) is 1.37. The molecule has 1 N–H and O–H groups in total. The number of halogens is 1. The van der Waals surface area contributed by atoms with Crippen LogP contribution in [0.1, 0.15) is 5.69 Å². The monoisotopic (exact) mass is 250 g/mol. The zero-order valence-electron chi connectivity index (χ0n) is 9.69. The summed E-state index contributed by atoms with van der Waals surface area (Å²) in [5.41, 5.74) is 3.39. The summed E-state index contributed by atoms with van der Waals surface area (Å²) < 4.78 is 3.35. The Morgan fingerprint density at radius 2 is 2.06 bits per heavy atom. The van der Waals surface area contributed by atoms with E-state index in [0.29, 0.717) is 5.15 Å². The number of aromatic amines is 1. The van der Waals surface area contributed by atoms with Gasteiger partial charge in [0.2, 0.25) is 0 Å². The summed E-state index contributed by atoms with van der Waals surface area (Å²) in [5.74, 6) is 0.726. The first-order valence-corrected chi connectivity index (χ1v) is 5.53. The average Bonchev–Trinajstić information content (AvgIpc) is 2.87. The minimum Gasteiger partial charge on any atom is -0.335 e. The van der Waals surface area contributed by atoms with Gasteiger partial charge in [0, 0.05) is 14.1 Å². The average molecular weight is 251 g/mol. The Bertz CT molecular complexity index is 704. The number of rotatable bonds is 1. The van der Waals surface area contributed by atoms with Crippen LogP contribution in [-0.4, -0.2) is 29.5 Å². The van der Waals surface area contributed by atoms with Crippen LogP contribution in [0.4, 0.5) is 0 Å². The fourth-order valence-electron chi connectivity index (χ4n) is 1.93. The maximum atomic E-state index is 6.20. The maximum Gasteiger partial charge on any atom is 0.176 e. The molecule has 0 saturated heterocycles. The van der Waals surface area contributed by atoms with Crippen molar-refractivity contribution in [1.82, 2.24) is 29.5 Å². The molecule has 3 rings (SSSR count). The molecule has 0 aromatic carbocycles. The molecule has 0 unspecified atom stereocenters. The minimum absolute atomic E-state index is 0.578. The molecule has 0 aliphatic carbocycles. The highest BCUT2D eigenvalue weighted by Gasteiger charge is 2.17. The SMILES string of the molecule is Cc1nn(C)c(Cl)c1-c1nc2c(cnn2C)[nH]1. The van der Waals surface area contributed by atoms with E-state index in [1.54, 1.807) is 15.6 Å². The summed E-state index contributed by atoms with van der Waals surface area (Å²) in [6.45, 7) is 1.91. The second-order valence-electron chi connectivity index (χ2n) is 3.97. The molecule has 3 heterocycles. The summed E-state index contributed by atoms with van der Waals surface area (Å²) in [5, 5.41) is 8.95. The molecule has 0 atom stereocenters. The van der Waals surface area contributed by atoms with Crippen LogP contribution in [0.5, 0.6) is 0 Å². The van der Waals surface area contributed by atoms with Gasteiger partial charge < -0.3 is 4.98 Å².